The standard InChI is InChI=1S/C15H25NO4/c1-10-3-2-6-15(20,8-10)9-16-13(17)11-4-5-12(7-11)14(18)19/h10-12,20H,2-9H2,1H3,(H,16,17)(H,18,19)/t10?,11-,12+,15?/m1/s1. The van der Waals surface area contributed by atoms with E-state index in [-0.39, 0.29) is 17.7 Å². The number of carboxylic acids is 1. The van der Waals surface area contributed by atoms with Gasteiger partial charge in [0.1, 0.15) is 0 Å². The molecule has 2 fully saturated rings. The van der Waals surface area contributed by atoms with E-state index in [0.29, 0.717) is 31.7 Å². The van der Waals surface area contributed by atoms with Crippen LogP contribution in [0.25, 0.3) is 0 Å². The lowest BCUT2D eigenvalue weighted by atomic mass is 9.79. The van der Waals surface area contributed by atoms with Crippen LogP contribution in [0.5, 0.6) is 0 Å². The number of carbonyl (C=O) groups is 2. The Labute approximate surface area is 119 Å². The highest BCUT2D eigenvalue weighted by molar-refractivity contribution is 5.80. The highest BCUT2D eigenvalue weighted by Gasteiger charge is 2.36. The maximum Gasteiger partial charge on any atom is 0.306 e. The number of hydrogen-bond donors (Lipinski definition) is 3. The summed E-state index contributed by atoms with van der Waals surface area (Å²) in [6, 6.07) is 0. The average molecular weight is 283 g/mol. The maximum absolute atomic E-state index is 12.1. The van der Waals surface area contributed by atoms with Crippen molar-refractivity contribution in [1.29, 1.82) is 0 Å². The van der Waals surface area contributed by atoms with Crippen LogP contribution in [-0.2, 0) is 9.59 Å². The van der Waals surface area contributed by atoms with Gasteiger partial charge < -0.3 is 15.5 Å². The van der Waals surface area contributed by atoms with Crippen LogP contribution in [0.15, 0.2) is 0 Å². The van der Waals surface area contributed by atoms with Gasteiger partial charge in [0.2, 0.25) is 5.91 Å². The molecule has 0 spiro atoms. The normalized spacial score (nSPS) is 37.6. The summed E-state index contributed by atoms with van der Waals surface area (Å²) in [5.74, 6) is -1.00. The third-order valence-electron chi connectivity index (χ3n) is 4.81. The zero-order chi connectivity index (χ0) is 14.8. The number of aliphatic hydroxyl groups is 1. The maximum atomic E-state index is 12.1. The minimum Gasteiger partial charge on any atom is -0.481 e. The lowest BCUT2D eigenvalue weighted by Gasteiger charge is -2.35. The summed E-state index contributed by atoms with van der Waals surface area (Å²) in [4.78, 5) is 23.0. The Hall–Kier alpha value is -1.10. The van der Waals surface area contributed by atoms with Gasteiger partial charge in [0.05, 0.1) is 11.5 Å². The van der Waals surface area contributed by atoms with Crippen molar-refractivity contribution in [2.45, 2.75) is 57.5 Å². The molecule has 0 aromatic heterocycles. The van der Waals surface area contributed by atoms with Crippen LogP contribution in [0.3, 0.4) is 0 Å². The largest absolute Gasteiger partial charge is 0.481 e. The van der Waals surface area contributed by atoms with Crippen molar-refractivity contribution in [3.8, 4) is 0 Å². The predicted octanol–water partition coefficient (Wildman–Crippen LogP) is 1.54. The number of carbonyl (C=O) groups excluding carboxylic acids is 1. The molecule has 0 aliphatic heterocycles. The lowest BCUT2D eigenvalue weighted by Crippen LogP contribution is -2.47. The van der Waals surface area contributed by atoms with E-state index in [4.69, 9.17) is 5.11 Å². The highest BCUT2D eigenvalue weighted by Crippen LogP contribution is 2.33. The van der Waals surface area contributed by atoms with E-state index in [1.807, 2.05) is 0 Å². The van der Waals surface area contributed by atoms with Crippen LogP contribution < -0.4 is 5.32 Å². The minimum absolute atomic E-state index is 0.0969. The first-order chi connectivity index (χ1) is 9.39. The van der Waals surface area contributed by atoms with Crippen molar-refractivity contribution in [3.63, 3.8) is 0 Å². The van der Waals surface area contributed by atoms with Crippen molar-refractivity contribution in [3.05, 3.63) is 0 Å². The molecule has 2 rings (SSSR count). The first-order valence-corrected chi connectivity index (χ1v) is 7.62. The van der Waals surface area contributed by atoms with Gasteiger partial charge in [-0.25, -0.2) is 0 Å². The fourth-order valence-electron chi connectivity index (χ4n) is 3.63. The summed E-state index contributed by atoms with van der Waals surface area (Å²) in [6.07, 6.45) is 5.25. The van der Waals surface area contributed by atoms with Gasteiger partial charge in [0.25, 0.3) is 0 Å². The van der Waals surface area contributed by atoms with E-state index < -0.39 is 11.6 Å². The molecule has 5 heteroatoms. The number of nitrogens with one attached hydrogen (secondary N) is 1. The molecule has 2 aliphatic rings. The zero-order valence-corrected chi connectivity index (χ0v) is 12.1. The third-order valence-corrected chi connectivity index (χ3v) is 4.81. The summed E-state index contributed by atoms with van der Waals surface area (Å²) >= 11 is 0. The van der Waals surface area contributed by atoms with Crippen LogP contribution in [0.4, 0.5) is 0 Å². The molecule has 0 heterocycles. The smallest absolute Gasteiger partial charge is 0.306 e. The van der Waals surface area contributed by atoms with Crippen LogP contribution in [0.1, 0.15) is 51.9 Å². The predicted molar refractivity (Wildman–Crippen MR) is 74.1 cm³/mol. The Morgan fingerprint density at radius 2 is 1.95 bits per heavy atom. The molecule has 114 valence electrons. The second-order valence-electron chi connectivity index (χ2n) is 6.69. The van der Waals surface area contributed by atoms with Gasteiger partial charge in [-0.05, 0) is 38.0 Å². The Bertz CT molecular complexity index is 384. The molecule has 0 saturated heterocycles. The molecular weight excluding hydrogens is 258 g/mol. The van der Waals surface area contributed by atoms with Gasteiger partial charge in [-0.3, -0.25) is 9.59 Å². The minimum atomic E-state index is -0.806. The van der Waals surface area contributed by atoms with Gasteiger partial charge in [0.15, 0.2) is 0 Å². The Morgan fingerprint density at radius 3 is 2.55 bits per heavy atom. The molecule has 0 bridgehead atoms. The first-order valence-electron chi connectivity index (χ1n) is 7.62. The van der Waals surface area contributed by atoms with Crippen LogP contribution in [0.2, 0.25) is 0 Å². The van der Waals surface area contributed by atoms with Gasteiger partial charge in [-0.2, -0.15) is 0 Å². The van der Waals surface area contributed by atoms with Gasteiger partial charge in [-0.1, -0.05) is 19.8 Å². The summed E-state index contributed by atoms with van der Waals surface area (Å²) in [6.45, 7) is 2.42. The number of carboxylic acid groups (broad SMARTS) is 1. The van der Waals surface area contributed by atoms with Crippen LogP contribution >= 0.6 is 0 Å². The molecular formula is C15H25NO4. The van der Waals surface area contributed by atoms with Crippen molar-refractivity contribution in [2.24, 2.45) is 17.8 Å². The van der Waals surface area contributed by atoms with Gasteiger partial charge >= 0.3 is 5.97 Å². The second kappa shape index (κ2) is 6.12. The fourth-order valence-corrected chi connectivity index (χ4v) is 3.63. The zero-order valence-electron chi connectivity index (χ0n) is 12.1. The van der Waals surface area contributed by atoms with Gasteiger partial charge in [-0.15, -0.1) is 0 Å². The highest BCUT2D eigenvalue weighted by atomic mass is 16.4. The third kappa shape index (κ3) is 3.72. The topological polar surface area (TPSA) is 86.6 Å². The molecule has 20 heavy (non-hydrogen) atoms. The monoisotopic (exact) mass is 283 g/mol. The van der Waals surface area contributed by atoms with E-state index in [9.17, 15) is 14.7 Å². The summed E-state index contributed by atoms with van der Waals surface area (Å²) in [7, 11) is 0. The second-order valence-corrected chi connectivity index (χ2v) is 6.69. The number of hydrogen-bond acceptors (Lipinski definition) is 3. The SMILES string of the molecule is CC1CCCC(O)(CNC(=O)[C@@H]2CC[C@H](C(=O)O)C2)C1. The molecule has 3 N–H and O–H groups in total. The number of rotatable bonds is 4. The molecule has 0 radical (unpaired) electrons. The van der Waals surface area contributed by atoms with E-state index in [2.05, 4.69) is 12.2 Å². The van der Waals surface area contributed by atoms with E-state index in [1.54, 1.807) is 0 Å². The number of amides is 1. The van der Waals surface area contributed by atoms with Crippen LogP contribution in [-0.4, -0.2) is 34.2 Å². The molecule has 4 atom stereocenters. The lowest BCUT2D eigenvalue weighted by molar-refractivity contribution is -0.141. The molecule has 5 nitrogen and oxygen atoms in total. The molecule has 0 aromatic rings. The van der Waals surface area contributed by atoms with E-state index in [1.165, 1.54) is 0 Å². The van der Waals surface area contributed by atoms with E-state index >= 15 is 0 Å². The summed E-state index contributed by atoms with van der Waals surface area (Å²) < 4.78 is 0. The molecule has 2 aliphatic carbocycles. The Kier molecular flexibility index (Phi) is 4.68. The molecule has 1 amide bonds. The van der Waals surface area contributed by atoms with Crippen molar-refractivity contribution in [1.82, 2.24) is 5.32 Å². The quantitative estimate of drug-likeness (QED) is 0.730. The van der Waals surface area contributed by atoms with Crippen molar-refractivity contribution >= 4 is 11.9 Å². The first kappa shape index (κ1) is 15.3. The number of aliphatic carboxylic acids is 1. The average Bonchev–Trinajstić information content (AvgIpc) is 2.85. The fraction of sp³-hybridized carbons (Fsp3) is 0.867. The molecule has 2 saturated carbocycles. The molecule has 0 aromatic carbocycles. The summed E-state index contributed by atoms with van der Waals surface area (Å²) in [5, 5.41) is 22.2. The summed E-state index contributed by atoms with van der Waals surface area (Å²) in [5.41, 5.74) is -0.780. The van der Waals surface area contributed by atoms with Crippen molar-refractivity contribution in [2.75, 3.05) is 6.54 Å². The van der Waals surface area contributed by atoms with E-state index in [0.717, 1.165) is 25.7 Å². The Morgan fingerprint density at radius 1 is 1.25 bits per heavy atom. The van der Waals surface area contributed by atoms with Crippen LogP contribution in [0, 0.1) is 17.8 Å². The van der Waals surface area contributed by atoms with Gasteiger partial charge in [0, 0.05) is 12.5 Å². The molecule has 2 unspecified atom stereocenters. The Balaban J connectivity index is 1.79. The van der Waals surface area contributed by atoms with Crippen molar-refractivity contribution < 1.29 is 19.8 Å².